The van der Waals surface area contributed by atoms with Gasteiger partial charge >= 0.3 is 6.09 Å². The lowest BCUT2D eigenvalue weighted by atomic mass is 10.1. The summed E-state index contributed by atoms with van der Waals surface area (Å²) in [4.78, 5) is 12.5. The number of carbonyl (C=O) groups is 1. The molecule has 7 heteroatoms. The number of hydrogen-bond donors (Lipinski definition) is 1. The average molecular weight is 353 g/mol. The van der Waals surface area contributed by atoms with Crippen molar-refractivity contribution in [1.29, 1.82) is 0 Å². The van der Waals surface area contributed by atoms with Crippen molar-refractivity contribution < 1.29 is 28.8 Å². The third-order valence-corrected chi connectivity index (χ3v) is 4.11. The molecule has 1 aromatic carbocycles. The smallest absolute Gasteiger partial charge is 0.407 e. The lowest BCUT2D eigenvalue weighted by Gasteiger charge is -2.30. The second-order valence-corrected chi connectivity index (χ2v) is 5.98. The van der Waals surface area contributed by atoms with Gasteiger partial charge in [-0.3, -0.25) is 0 Å². The molecule has 0 radical (unpaired) electrons. The number of methoxy groups -OCH3 is 2. The number of likely N-dealkylation sites (tertiary alicyclic amines) is 1. The summed E-state index contributed by atoms with van der Waals surface area (Å²) in [6.45, 7) is 2.61. The first kappa shape index (κ1) is 19.3. The van der Waals surface area contributed by atoms with Gasteiger partial charge in [0.05, 0.1) is 33.0 Å². The number of piperidine rings is 1. The molecule has 1 fully saturated rings. The fraction of sp³-hybridized carbons (Fsp3) is 0.611. The molecule has 0 aliphatic carbocycles. The highest BCUT2D eigenvalue weighted by molar-refractivity contribution is 5.65. The first-order valence-electron chi connectivity index (χ1n) is 8.52. The number of hydrogen-bond acceptors (Lipinski definition) is 5. The van der Waals surface area contributed by atoms with Gasteiger partial charge in [0.1, 0.15) is 0 Å². The van der Waals surface area contributed by atoms with E-state index in [1.165, 1.54) is 4.90 Å². The van der Waals surface area contributed by atoms with Crippen LogP contribution in [0, 0.1) is 0 Å². The molecule has 25 heavy (non-hydrogen) atoms. The first-order chi connectivity index (χ1) is 12.1. The predicted octanol–water partition coefficient (Wildman–Crippen LogP) is 2.77. The molecule has 1 N–H and O–H groups in total. The summed E-state index contributed by atoms with van der Waals surface area (Å²) in [5.74, 6) is 1.35. The average Bonchev–Trinajstić information content (AvgIpc) is 2.64. The zero-order valence-electron chi connectivity index (χ0n) is 14.9. The minimum absolute atomic E-state index is 0.0713. The van der Waals surface area contributed by atoms with Gasteiger partial charge in [-0.2, -0.15) is 0 Å². The SMILES string of the molecule is COCCCOc1cc(COC2CCCN(C(=O)O)C2)ccc1OC. The molecule has 1 aliphatic heterocycles. The van der Waals surface area contributed by atoms with Gasteiger partial charge in [-0.15, -0.1) is 0 Å². The van der Waals surface area contributed by atoms with Crippen LogP contribution in [0.3, 0.4) is 0 Å². The molecule has 0 spiro atoms. The van der Waals surface area contributed by atoms with Crippen LogP contribution in [0.1, 0.15) is 24.8 Å². The molecule has 1 heterocycles. The van der Waals surface area contributed by atoms with Crippen molar-refractivity contribution in [2.45, 2.75) is 32.0 Å². The van der Waals surface area contributed by atoms with Crippen molar-refractivity contribution in [3.8, 4) is 11.5 Å². The van der Waals surface area contributed by atoms with E-state index in [1.807, 2.05) is 18.2 Å². The highest BCUT2D eigenvalue weighted by atomic mass is 16.5. The fourth-order valence-electron chi connectivity index (χ4n) is 2.77. The van der Waals surface area contributed by atoms with Crippen molar-refractivity contribution in [3.05, 3.63) is 23.8 Å². The van der Waals surface area contributed by atoms with Crippen molar-refractivity contribution in [2.75, 3.05) is 40.5 Å². The van der Waals surface area contributed by atoms with Crippen LogP contribution in [-0.2, 0) is 16.1 Å². The van der Waals surface area contributed by atoms with Gasteiger partial charge in [-0.25, -0.2) is 4.79 Å². The Bertz CT molecular complexity index is 550. The Kier molecular flexibility index (Phi) is 7.81. The Balaban J connectivity index is 1.89. The molecule has 1 atom stereocenters. The summed E-state index contributed by atoms with van der Waals surface area (Å²) in [6, 6.07) is 5.69. The Labute approximate surface area is 148 Å². The van der Waals surface area contributed by atoms with Crippen LogP contribution in [0.2, 0.25) is 0 Å². The van der Waals surface area contributed by atoms with E-state index in [-0.39, 0.29) is 6.10 Å². The summed E-state index contributed by atoms with van der Waals surface area (Å²) in [6.07, 6.45) is 1.55. The van der Waals surface area contributed by atoms with Gasteiger partial charge in [0.15, 0.2) is 11.5 Å². The topological polar surface area (TPSA) is 77.5 Å². The highest BCUT2D eigenvalue weighted by Gasteiger charge is 2.23. The molecule has 0 bridgehead atoms. The molecular formula is C18H27NO6. The number of carboxylic acid groups (broad SMARTS) is 1. The summed E-state index contributed by atoms with van der Waals surface area (Å²) in [5, 5.41) is 9.09. The number of rotatable bonds is 9. The van der Waals surface area contributed by atoms with Gasteiger partial charge in [-0.05, 0) is 30.5 Å². The normalized spacial score (nSPS) is 17.4. The van der Waals surface area contributed by atoms with Gasteiger partial charge in [0, 0.05) is 26.7 Å². The van der Waals surface area contributed by atoms with Crippen LogP contribution in [0.15, 0.2) is 18.2 Å². The van der Waals surface area contributed by atoms with E-state index in [9.17, 15) is 4.79 Å². The van der Waals surface area contributed by atoms with Crippen LogP contribution in [0.25, 0.3) is 0 Å². The van der Waals surface area contributed by atoms with E-state index < -0.39 is 6.09 Å². The van der Waals surface area contributed by atoms with E-state index in [2.05, 4.69) is 0 Å². The minimum Gasteiger partial charge on any atom is -0.493 e. The predicted molar refractivity (Wildman–Crippen MR) is 92.4 cm³/mol. The van der Waals surface area contributed by atoms with Crippen LogP contribution >= 0.6 is 0 Å². The quantitative estimate of drug-likeness (QED) is 0.688. The third-order valence-electron chi connectivity index (χ3n) is 4.11. The second kappa shape index (κ2) is 10.1. The van der Waals surface area contributed by atoms with E-state index in [1.54, 1.807) is 14.2 Å². The largest absolute Gasteiger partial charge is 0.493 e. The lowest BCUT2D eigenvalue weighted by molar-refractivity contribution is -0.00617. The molecule has 1 aliphatic rings. The van der Waals surface area contributed by atoms with Gasteiger partial charge in [0.2, 0.25) is 0 Å². The Hall–Kier alpha value is -1.99. The molecule has 1 amide bonds. The van der Waals surface area contributed by atoms with Crippen molar-refractivity contribution in [1.82, 2.24) is 4.90 Å². The molecular weight excluding hydrogens is 326 g/mol. The van der Waals surface area contributed by atoms with Crippen molar-refractivity contribution in [3.63, 3.8) is 0 Å². The number of amides is 1. The van der Waals surface area contributed by atoms with Crippen molar-refractivity contribution >= 4 is 6.09 Å². The maximum Gasteiger partial charge on any atom is 0.407 e. The summed E-state index contributed by atoms with van der Waals surface area (Å²) in [7, 11) is 3.27. The standard InChI is InChI=1S/C18H27NO6/c1-22-9-4-10-24-17-11-14(6-7-16(17)23-2)13-25-15-5-3-8-19(12-15)18(20)21/h6-7,11,15H,3-5,8-10,12-13H2,1-2H3,(H,20,21). The third kappa shape index (κ3) is 6.10. The fourth-order valence-corrected chi connectivity index (χ4v) is 2.77. The van der Waals surface area contributed by atoms with Crippen molar-refractivity contribution in [2.24, 2.45) is 0 Å². The molecule has 0 aromatic heterocycles. The summed E-state index contributed by atoms with van der Waals surface area (Å²) >= 11 is 0. The Morgan fingerprint density at radius 3 is 2.84 bits per heavy atom. The molecule has 1 unspecified atom stereocenters. The molecule has 1 saturated heterocycles. The van der Waals surface area contributed by atoms with Crippen LogP contribution in [0.5, 0.6) is 11.5 Å². The van der Waals surface area contributed by atoms with Crippen LogP contribution < -0.4 is 9.47 Å². The molecule has 0 saturated carbocycles. The van der Waals surface area contributed by atoms with Crippen LogP contribution in [0.4, 0.5) is 4.79 Å². The second-order valence-electron chi connectivity index (χ2n) is 5.98. The summed E-state index contributed by atoms with van der Waals surface area (Å²) < 4.78 is 22.0. The molecule has 140 valence electrons. The first-order valence-corrected chi connectivity index (χ1v) is 8.52. The lowest BCUT2D eigenvalue weighted by Crippen LogP contribution is -2.42. The van der Waals surface area contributed by atoms with E-state index in [4.69, 9.17) is 24.1 Å². The van der Waals surface area contributed by atoms with E-state index in [0.717, 1.165) is 24.8 Å². The zero-order chi connectivity index (χ0) is 18.1. The number of benzene rings is 1. The maximum absolute atomic E-state index is 11.1. The molecule has 7 nitrogen and oxygen atoms in total. The van der Waals surface area contributed by atoms with E-state index in [0.29, 0.717) is 44.4 Å². The van der Waals surface area contributed by atoms with Gasteiger partial charge in [0.25, 0.3) is 0 Å². The Morgan fingerprint density at radius 2 is 2.12 bits per heavy atom. The van der Waals surface area contributed by atoms with Crippen LogP contribution in [-0.4, -0.2) is 62.7 Å². The summed E-state index contributed by atoms with van der Waals surface area (Å²) in [5.41, 5.74) is 0.968. The zero-order valence-corrected chi connectivity index (χ0v) is 14.9. The monoisotopic (exact) mass is 353 g/mol. The number of ether oxygens (including phenoxy) is 4. The Morgan fingerprint density at radius 1 is 1.28 bits per heavy atom. The van der Waals surface area contributed by atoms with Gasteiger partial charge < -0.3 is 29.0 Å². The highest BCUT2D eigenvalue weighted by Crippen LogP contribution is 2.29. The molecule has 1 aromatic rings. The maximum atomic E-state index is 11.1. The number of nitrogens with zero attached hydrogens (tertiary/aromatic N) is 1. The molecule has 2 rings (SSSR count). The minimum atomic E-state index is -0.885. The van der Waals surface area contributed by atoms with E-state index >= 15 is 0 Å². The van der Waals surface area contributed by atoms with Gasteiger partial charge in [-0.1, -0.05) is 6.07 Å².